The third-order valence-corrected chi connectivity index (χ3v) is 5.26. The molecule has 0 aliphatic carbocycles. The van der Waals surface area contributed by atoms with Crippen LogP contribution in [-0.4, -0.2) is 28.7 Å². The van der Waals surface area contributed by atoms with Crippen molar-refractivity contribution in [2.75, 3.05) is 18.5 Å². The molecule has 1 unspecified atom stereocenters. The third kappa shape index (κ3) is 4.00. The van der Waals surface area contributed by atoms with E-state index in [4.69, 9.17) is 9.15 Å². The van der Waals surface area contributed by atoms with Crippen LogP contribution in [0.1, 0.15) is 45.4 Å². The highest BCUT2D eigenvalue weighted by Gasteiger charge is 2.24. The van der Waals surface area contributed by atoms with Gasteiger partial charge in [0.2, 0.25) is 0 Å². The van der Waals surface area contributed by atoms with Crippen molar-refractivity contribution in [3.63, 3.8) is 0 Å². The van der Waals surface area contributed by atoms with Gasteiger partial charge in [-0.1, -0.05) is 18.2 Å². The van der Waals surface area contributed by atoms with E-state index in [2.05, 4.69) is 10.3 Å². The zero-order valence-electron chi connectivity index (χ0n) is 16.5. The molecule has 1 fully saturated rings. The number of ether oxygens (including phenoxy) is 1. The van der Waals surface area contributed by atoms with Gasteiger partial charge in [-0.15, -0.1) is 0 Å². The number of carbonyl (C=O) groups is 1. The Hall–Kier alpha value is -3.19. The van der Waals surface area contributed by atoms with E-state index in [1.807, 2.05) is 42.0 Å². The van der Waals surface area contributed by atoms with Gasteiger partial charge in [0.1, 0.15) is 17.1 Å². The first-order valence-electron chi connectivity index (χ1n) is 9.62. The van der Waals surface area contributed by atoms with E-state index in [0.717, 1.165) is 17.8 Å². The van der Waals surface area contributed by atoms with Crippen molar-refractivity contribution in [3.05, 3.63) is 81.4 Å². The van der Waals surface area contributed by atoms with E-state index >= 15 is 0 Å². The molecule has 1 N–H and O–H groups in total. The highest BCUT2D eigenvalue weighted by Crippen LogP contribution is 2.26. The van der Waals surface area contributed by atoms with Crippen molar-refractivity contribution in [1.29, 1.82) is 0 Å². The van der Waals surface area contributed by atoms with Crippen LogP contribution >= 0.6 is 0 Å². The molecule has 1 saturated heterocycles. The van der Waals surface area contributed by atoms with Crippen LogP contribution in [0.5, 0.6) is 0 Å². The second-order valence-electron chi connectivity index (χ2n) is 7.27. The Morgan fingerprint density at radius 3 is 2.83 bits per heavy atom. The molecule has 1 aliphatic heterocycles. The van der Waals surface area contributed by atoms with E-state index in [0.29, 0.717) is 36.8 Å². The minimum atomic E-state index is -0.618. The molecule has 1 aromatic carbocycles. The molecule has 0 bridgehead atoms. The quantitative estimate of drug-likeness (QED) is 0.719. The average Bonchev–Trinajstić information content (AvgIpc) is 3.35. The van der Waals surface area contributed by atoms with E-state index in [-0.39, 0.29) is 11.5 Å². The highest BCUT2D eigenvalue weighted by atomic mass is 16.5. The Bertz CT molecular complexity index is 1090. The Balaban J connectivity index is 1.59. The standard InChI is InChI=1S/C22H23N3O4/c1-14-11-19(17-7-10-28-13-17)29-22(27)20(14)21(26)24-18-6-4-3-5-16(18)12-25-9-8-23-15(25)2/h3-6,8-9,11,17H,7,10,12-13H2,1-2H3,(H,24,26). The van der Waals surface area contributed by atoms with E-state index < -0.39 is 11.5 Å². The van der Waals surface area contributed by atoms with Gasteiger partial charge in [0.15, 0.2) is 0 Å². The molecular formula is C22H23N3O4. The van der Waals surface area contributed by atoms with E-state index in [1.54, 1.807) is 19.2 Å². The Labute approximate surface area is 168 Å². The molecule has 150 valence electrons. The first kappa shape index (κ1) is 19.1. The summed E-state index contributed by atoms with van der Waals surface area (Å²) in [4.78, 5) is 29.7. The molecule has 4 rings (SSSR count). The number of carbonyl (C=O) groups excluding carboxylic acids is 1. The number of aryl methyl sites for hydroxylation is 2. The maximum absolute atomic E-state index is 12.9. The number of imidazole rings is 1. The maximum atomic E-state index is 12.9. The summed E-state index contributed by atoms with van der Waals surface area (Å²) in [5.41, 5.74) is 1.58. The van der Waals surface area contributed by atoms with E-state index in [9.17, 15) is 9.59 Å². The van der Waals surface area contributed by atoms with Gasteiger partial charge >= 0.3 is 5.63 Å². The molecule has 0 spiro atoms. The summed E-state index contributed by atoms with van der Waals surface area (Å²) >= 11 is 0. The number of para-hydroxylation sites is 1. The summed E-state index contributed by atoms with van der Waals surface area (Å²) in [5, 5.41) is 2.87. The first-order valence-corrected chi connectivity index (χ1v) is 9.62. The van der Waals surface area contributed by atoms with Crippen LogP contribution in [0.25, 0.3) is 0 Å². The second-order valence-corrected chi connectivity index (χ2v) is 7.27. The Morgan fingerprint density at radius 1 is 1.31 bits per heavy atom. The average molecular weight is 393 g/mol. The number of amides is 1. The fourth-order valence-corrected chi connectivity index (χ4v) is 3.59. The van der Waals surface area contributed by atoms with Gasteiger partial charge in [-0.05, 0) is 43.5 Å². The number of nitrogens with zero attached hydrogens (tertiary/aromatic N) is 2. The summed E-state index contributed by atoms with van der Waals surface area (Å²) in [6.45, 7) is 5.44. The van der Waals surface area contributed by atoms with Gasteiger partial charge in [0.05, 0.1) is 13.2 Å². The van der Waals surface area contributed by atoms with Gasteiger partial charge in [0, 0.05) is 30.6 Å². The number of aromatic nitrogens is 2. The number of hydrogen-bond acceptors (Lipinski definition) is 5. The van der Waals surface area contributed by atoms with Gasteiger partial charge in [0.25, 0.3) is 5.91 Å². The van der Waals surface area contributed by atoms with Crippen molar-refractivity contribution < 1.29 is 13.9 Å². The van der Waals surface area contributed by atoms with Crippen LogP contribution in [0.4, 0.5) is 5.69 Å². The normalized spacial score (nSPS) is 16.1. The number of anilines is 1. The van der Waals surface area contributed by atoms with Gasteiger partial charge < -0.3 is 19.0 Å². The van der Waals surface area contributed by atoms with Crippen molar-refractivity contribution in [3.8, 4) is 0 Å². The van der Waals surface area contributed by atoms with Crippen LogP contribution in [-0.2, 0) is 11.3 Å². The zero-order valence-corrected chi connectivity index (χ0v) is 16.5. The topological polar surface area (TPSA) is 86.4 Å². The number of benzene rings is 1. The van der Waals surface area contributed by atoms with Crippen molar-refractivity contribution >= 4 is 11.6 Å². The third-order valence-electron chi connectivity index (χ3n) is 5.26. The summed E-state index contributed by atoms with van der Waals surface area (Å²) in [7, 11) is 0. The molecule has 1 atom stereocenters. The molecule has 3 aromatic rings. The van der Waals surface area contributed by atoms with Crippen LogP contribution < -0.4 is 10.9 Å². The molecule has 1 aliphatic rings. The molecular weight excluding hydrogens is 370 g/mol. The number of nitrogens with one attached hydrogen (secondary N) is 1. The van der Waals surface area contributed by atoms with Crippen LogP contribution in [0, 0.1) is 13.8 Å². The molecule has 0 radical (unpaired) electrons. The number of hydrogen-bond donors (Lipinski definition) is 1. The lowest BCUT2D eigenvalue weighted by Crippen LogP contribution is -2.24. The fourth-order valence-electron chi connectivity index (χ4n) is 3.59. The van der Waals surface area contributed by atoms with Crippen LogP contribution in [0.2, 0.25) is 0 Å². The lowest BCUT2D eigenvalue weighted by molar-refractivity contribution is 0.102. The minimum absolute atomic E-state index is 0.0290. The van der Waals surface area contributed by atoms with E-state index in [1.165, 1.54) is 0 Å². The molecule has 7 nitrogen and oxygen atoms in total. The molecule has 3 heterocycles. The predicted molar refractivity (Wildman–Crippen MR) is 108 cm³/mol. The highest BCUT2D eigenvalue weighted by molar-refractivity contribution is 6.05. The second kappa shape index (κ2) is 8.05. The van der Waals surface area contributed by atoms with Gasteiger partial charge in [-0.25, -0.2) is 9.78 Å². The molecule has 0 saturated carbocycles. The summed E-state index contributed by atoms with van der Waals surface area (Å²) in [6.07, 6.45) is 4.44. The van der Waals surface area contributed by atoms with Crippen LogP contribution in [0.15, 0.2) is 51.9 Å². The molecule has 2 aromatic heterocycles. The van der Waals surface area contributed by atoms with Gasteiger partial charge in [-0.2, -0.15) is 0 Å². The fraction of sp³-hybridized carbons (Fsp3) is 0.318. The number of rotatable bonds is 5. The Morgan fingerprint density at radius 2 is 2.14 bits per heavy atom. The van der Waals surface area contributed by atoms with Crippen molar-refractivity contribution in [1.82, 2.24) is 9.55 Å². The lowest BCUT2D eigenvalue weighted by Gasteiger charge is -2.14. The monoisotopic (exact) mass is 393 g/mol. The SMILES string of the molecule is Cc1cc(C2CCOC2)oc(=O)c1C(=O)Nc1ccccc1Cn1ccnc1C. The van der Waals surface area contributed by atoms with Crippen molar-refractivity contribution in [2.24, 2.45) is 0 Å². The smallest absolute Gasteiger partial charge is 0.349 e. The lowest BCUT2D eigenvalue weighted by atomic mass is 10.0. The predicted octanol–water partition coefficient (Wildman–Crippen LogP) is 3.26. The minimum Gasteiger partial charge on any atom is -0.427 e. The molecule has 7 heteroatoms. The van der Waals surface area contributed by atoms with Crippen LogP contribution in [0.3, 0.4) is 0 Å². The first-order chi connectivity index (χ1) is 14.0. The maximum Gasteiger partial charge on any atom is 0.349 e. The summed E-state index contributed by atoms with van der Waals surface area (Å²) in [5.74, 6) is 1.06. The zero-order chi connectivity index (χ0) is 20.4. The summed E-state index contributed by atoms with van der Waals surface area (Å²) < 4.78 is 12.8. The largest absolute Gasteiger partial charge is 0.427 e. The van der Waals surface area contributed by atoms with Gasteiger partial charge in [-0.3, -0.25) is 4.79 Å². The molecule has 1 amide bonds. The summed E-state index contributed by atoms with van der Waals surface area (Å²) in [6, 6.07) is 9.29. The van der Waals surface area contributed by atoms with Crippen molar-refractivity contribution in [2.45, 2.75) is 32.7 Å². The molecule has 29 heavy (non-hydrogen) atoms. The Kier molecular flexibility index (Phi) is 5.31.